The Morgan fingerprint density at radius 1 is 1.06 bits per heavy atom. The van der Waals surface area contributed by atoms with Gasteiger partial charge in [0.1, 0.15) is 17.8 Å². The van der Waals surface area contributed by atoms with Crippen LogP contribution in [-0.2, 0) is 11.3 Å². The highest BCUT2D eigenvalue weighted by atomic mass is 16.2. The zero-order valence-electron chi connectivity index (χ0n) is 19.4. The fourth-order valence-electron chi connectivity index (χ4n) is 4.44. The minimum atomic E-state index is 0.0879. The van der Waals surface area contributed by atoms with E-state index in [1.807, 2.05) is 18.2 Å². The molecule has 174 valence electrons. The number of nitrogens with one attached hydrogen (secondary N) is 3. The Morgan fingerprint density at radius 2 is 1.82 bits per heavy atom. The highest BCUT2D eigenvalue weighted by Gasteiger charge is 2.15. The minimum absolute atomic E-state index is 0.0879. The monoisotopic (exact) mass is 454 g/mol. The summed E-state index contributed by atoms with van der Waals surface area (Å²) in [5.74, 6) is 0.895. The van der Waals surface area contributed by atoms with Crippen molar-refractivity contribution in [2.45, 2.75) is 32.4 Å². The minimum Gasteiger partial charge on any atom is -0.363 e. The van der Waals surface area contributed by atoms with Gasteiger partial charge in [-0.2, -0.15) is 0 Å². The number of aromatic amines is 1. The van der Waals surface area contributed by atoms with Gasteiger partial charge in [-0.15, -0.1) is 0 Å². The molecule has 0 spiro atoms. The molecule has 3 N–H and O–H groups in total. The van der Waals surface area contributed by atoms with Gasteiger partial charge in [0.2, 0.25) is 5.91 Å². The van der Waals surface area contributed by atoms with Crippen molar-refractivity contribution >= 4 is 22.8 Å². The van der Waals surface area contributed by atoms with Gasteiger partial charge in [0.25, 0.3) is 0 Å². The maximum absolute atomic E-state index is 12.2. The number of carbonyl (C=O) groups is 1. The van der Waals surface area contributed by atoms with Gasteiger partial charge in [-0.3, -0.25) is 9.69 Å². The van der Waals surface area contributed by atoms with E-state index in [4.69, 9.17) is 0 Å². The number of benzene rings is 2. The quantitative estimate of drug-likeness (QED) is 0.365. The highest BCUT2D eigenvalue weighted by Crippen LogP contribution is 2.29. The molecule has 2 aromatic carbocycles. The van der Waals surface area contributed by atoms with E-state index < -0.39 is 0 Å². The normalized spacial score (nSPS) is 14.9. The van der Waals surface area contributed by atoms with Crippen LogP contribution in [0.1, 0.15) is 36.9 Å². The Bertz CT molecular complexity index is 1250. The van der Waals surface area contributed by atoms with E-state index in [1.54, 1.807) is 6.33 Å². The van der Waals surface area contributed by atoms with Crippen LogP contribution < -0.4 is 10.6 Å². The zero-order chi connectivity index (χ0) is 23.3. The first kappa shape index (κ1) is 22.1. The SMILES string of the molecule is CC(Nc1ncnc2[nH]c(-c3ccc(CNC(=O)CN4CCCC4)cc3)cc12)c1ccccc1. The van der Waals surface area contributed by atoms with Crippen LogP contribution in [0, 0.1) is 0 Å². The summed E-state index contributed by atoms with van der Waals surface area (Å²) in [4.78, 5) is 26.7. The van der Waals surface area contributed by atoms with Gasteiger partial charge in [0, 0.05) is 18.3 Å². The van der Waals surface area contributed by atoms with Crippen LogP contribution in [0.3, 0.4) is 0 Å². The van der Waals surface area contributed by atoms with Crippen molar-refractivity contribution in [2.24, 2.45) is 0 Å². The molecular formula is C27H30N6O. The van der Waals surface area contributed by atoms with Crippen LogP contribution in [0.15, 0.2) is 67.0 Å². The first-order chi connectivity index (χ1) is 16.7. The molecule has 1 aliphatic heterocycles. The van der Waals surface area contributed by atoms with Crippen LogP contribution >= 0.6 is 0 Å². The van der Waals surface area contributed by atoms with E-state index in [9.17, 15) is 4.79 Å². The third-order valence-corrected chi connectivity index (χ3v) is 6.40. The summed E-state index contributed by atoms with van der Waals surface area (Å²) < 4.78 is 0. The van der Waals surface area contributed by atoms with E-state index in [-0.39, 0.29) is 11.9 Å². The van der Waals surface area contributed by atoms with E-state index in [2.05, 4.69) is 79.9 Å². The Labute approximate surface area is 199 Å². The average molecular weight is 455 g/mol. The number of H-pyrrole nitrogens is 1. The Hall–Kier alpha value is -3.71. The van der Waals surface area contributed by atoms with Crippen molar-refractivity contribution in [1.29, 1.82) is 0 Å². The van der Waals surface area contributed by atoms with Gasteiger partial charge >= 0.3 is 0 Å². The van der Waals surface area contributed by atoms with Crippen LogP contribution in [0.25, 0.3) is 22.3 Å². The van der Waals surface area contributed by atoms with Gasteiger partial charge in [0.05, 0.1) is 11.9 Å². The lowest BCUT2D eigenvalue weighted by molar-refractivity contribution is -0.122. The fraction of sp³-hybridized carbons (Fsp3) is 0.296. The number of nitrogens with zero attached hydrogens (tertiary/aromatic N) is 3. The van der Waals surface area contributed by atoms with Crippen LogP contribution in [0.2, 0.25) is 0 Å². The van der Waals surface area contributed by atoms with Crippen LogP contribution in [0.4, 0.5) is 5.82 Å². The van der Waals surface area contributed by atoms with Crippen molar-refractivity contribution in [2.75, 3.05) is 25.0 Å². The number of aromatic nitrogens is 3. The maximum atomic E-state index is 12.2. The molecule has 4 aromatic rings. The lowest BCUT2D eigenvalue weighted by Crippen LogP contribution is -2.35. The third kappa shape index (κ3) is 5.10. The first-order valence-electron chi connectivity index (χ1n) is 11.9. The maximum Gasteiger partial charge on any atom is 0.234 e. The molecule has 5 rings (SSSR count). The molecule has 1 unspecified atom stereocenters. The van der Waals surface area contributed by atoms with Gasteiger partial charge in [-0.1, -0.05) is 54.6 Å². The van der Waals surface area contributed by atoms with E-state index in [0.29, 0.717) is 13.1 Å². The molecule has 1 saturated heterocycles. The molecule has 7 heteroatoms. The van der Waals surface area contributed by atoms with Crippen molar-refractivity contribution in [3.63, 3.8) is 0 Å². The Morgan fingerprint density at radius 3 is 2.59 bits per heavy atom. The number of hydrogen-bond acceptors (Lipinski definition) is 5. The van der Waals surface area contributed by atoms with E-state index in [1.165, 1.54) is 18.4 Å². The highest BCUT2D eigenvalue weighted by molar-refractivity contribution is 5.91. The molecule has 0 radical (unpaired) electrons. The topological polar surface area (TPSA) is 85.9 Å². The predicted octanol–water partition coefficient (Wildman–Crippen LogP) is 4.51. The Balaban J connectivity index is 1.26. The summed E-state index contributed by atoms with van der Waals surface area (Å²) in [5, 5.41) is 7.50. The number of carbonyl (C=O) groups excluding carboxylic acids is 1. The molecule has 0 saturated carbocycles. The fourth-order valence-corrected chi connectivity index (χ4v) is 4.44. The van der Waals surface area contributed by atoms with Crippen molar-refractivity contribution in [3.05, 3.63) is 78.1 Å². The van der Waals surface area contributed by atoms with E-state index >= 15 is 0 Å². The summed E-state index contributed by atoms with van der Waals surface area (Å²) in [6.07, 6.45) is 3.96. The largest absolute Gasteiger partial charge is 0.363 e. The molecule has 34 heavy (non-hydrogen) atoms. The summed E-state index contributed by atoms with van der Waals surface area (Å²) >= 11 is 0. The number of fused-ring (bicyclic) bond motifs is 1. The average Bonchev–Trinajstić information content (AvgIpc) is 3.54. The standard InChI is InChI=1S/C27H30N6O/c1-19(21-7-3-2-4-8-21)31-26-23-15-24(32-27(23)30-18-29-26)22-11-9-20(10-12-22)16-28-25(34)17-33-13-5-6-14-33/h2-4,7-12,15,18-19H,5-6,13-14,16-17H2,1H3,(H,28,34)(H2,29,30,31,32). The van der Waals surface area contributed by atoms with E-state index in [0.717, 1.165) is 46.8 Å². The molecule has 1 fully saturated rings. The third-order valence-electron chi connectivity index (χ3n) is 6.40. The smallest absolute Gasteiger partial charge is 0.234 e. The van der Waals surface area contributed by atoms with Crippen molar-refractivity contribution in [3.8, 4) is 11.3 Å². The molecule has 3 heterocycles. The second-order valence-corrected chi connectivity index (χ2v) is 8.90. The summed E-state index contributed by atoms with van der Waals surface area (Å²) in [5.41, 5.74) is 5.12. The number of hydrogen-bond donors (Lipinski definition) is 3. The summed E-state index contributed by atoms with van der Waals surface area (Å²) in [6, 6.07) is 20.8. The zero-order valence-corrected chi connectivity index (χ0v) is 19.4. The van der Waals surface area contributed by atoms with Gasteiger partial charge in [-0.25, -0.2) is 9.97 Å². The number of rotatable bonds is 8. The number of amides is 1. The lowest BCUT2D eigenvalue weighted by Gasteiger charge is -2.15. The molecular weight excluding hydrogens is 424 g/mol. The van der Waals surface area contributed by atoms with Gasteiger partial charge < -0.3 is 15.6 Å². The first-order valence-corrected chi connectivity index (χ1v) is 11.9. The molecule has 2 aromatic heterocycles. The summed E-state index contributed by atoms with van der Waals surface area (Å²) in [6.45, 7) is 5.21. The molecule has 1 amide bonds. The Kier molecular flexibility index (Phi) is 6.53. The van der Waals surface area contributed by atoms with Crippen LogP contribution in [0.5, 0.6) is 0 Å². The molecule has 1 aliphatic rings. The second-order valence-electron chi connectivity index (χ2n) is 8.90. The lowest BCUT2D eigenvalue weighted by atomic mass is 10.1. The molecule has 1 atom stereocenters. The predicted molar refractivity (Wildman–Crippen MR) is 135 cm³/mol. The van der Waals surface area contributed by atoms with Gasteiger partial charge in [0.15, 0.2) is 0 Å². The van der Waals surface area contributed by atoms with Crippen molar-refractivity contribution in [1.82, 2.24) is 25.2 Å². The molecule has 7 nitrogen and oxygen atoms in total. The number of anilines is 1. The van der Waals surface area contributed by atoms with Crippen LogP contribution in [-0.4, -0.2) is 45.4 Å². The van der Waals surface area contributed by atoms with Crippen molar-refractivity contribution < 1.29 is 4.79 Å². The summed E-state index contributed by atoms with van der Waals surface area (Å²) in [7, 11) is 0. The number of likely N-dealkylation sites (tertiary alicyclic amines) is 1. The molecule has 0 bridgehead atoms. The van der Waals surface area contributed by atoms with Gasteiger partial charge in [-0.05, 0) is 55.6 Å². The second kappa shape index (κ2) is 10.1. The molecule has 0 aliphatic carbocycles.